The van der Waals surface area contributed by atoms with Gasteiger partial charge < -0.3 is 0 Å². The zero-order valence-corrected chi connectivity index (χ0v) is 13.9. The standard InChI is InChI=1S/C22H15N3O/c26-22(11-7-16-6-9-19-21(14-16)24-13-12-23-19)20-10-8-18(15-25-20)17-4-2-1-3-5-17/h1-15H. The lowest BCUT2D eigenvalue weighted by Gasteiger charge is -2.02. The van der Waals surface area contributed by atoms with Gasteiger partial charge in [-0.1, -0.05) is 48.5 Å². The fourth-order valence-corrected chi connectivity index (χ4v) is 2.68. The Hall–Kier alpha value is -3.66. The smallest absolute Gasteiger partial charge is 0.204 e. The van der Waals surface area contributed by atoms with Gasteiger partial charge in [0.25, 0.3) is 0 Å². The summed E-state index contributed by atoms with van der Waals surface area (Å²) in [5.74, 6) is -0.135. The first-order chi connectivity index (χ1) is 12.8. The highest BCUT2D eigenvalue weighted by molar-refractivity contribution is 6.05. The number of rotatable bonds is 4. The molecule has 0 fully saturated rings. The van der Waals surface area contributed by atoms with Crippen molar-refractivity contribution in [2.24, 2.45) is 0 Å². The molecular formula is C22H15N3O. The Morgan fingerprint density at radius 2 is 1.58 bits per heavy atom. The van der Waals surface area contributed by atoms with Gasteiger partial charge in [0.2, 0.25) is 5.78 Å². The van der Waals surface area contributed by atoms with Crippen LogP contribution in [0.1, 0.15) is 16.1 Å². The Morgan fingerprint density at radius 3 is 2.35 bits per heavy atom. The van der Waals surface area contributed by atoms with Crippen molar-refractivity contribution in [3.8, 4) is 11.1 Å². The van der Waals surface area contributed by atoms with Crippen molar-refractivity contribution in [3.63, 3.8) is 0 Å². The molecule has 2 heterocycles. The first-order valence-electron chi connectivity index (χ1n) is 8.24. The van der Waals surface area contributed by atoms with Crippen molar-refractivity contribution < 1.29 is 4.79 Å². The van der Waals surface area contributed by atoms with Crippen LogP contribution in [-0.4, -0.2) is 20.7 Å². The molecule has 4 heteroatoms. The van der Waals surface area contributed by atoms with Crippen LogP contribution in [0.5, 0.6) is 0 Å². The second kappa shape index (κ2) is 7.07. The molecule has 26 heavy (non-hydrogen) atoms. The number of pyridine rings is 1. The van der Waals surface area contributed by atoms with Crippen molar-refractivity contribution in [2.75, 3.05) is 0 Å². The number of nitrogens with zero attached hydrogens (tertiary/aromatic N) is 3. The Bertz CT molecular complexity index is 1090. The van der Waals surface area contributed by atoms with Gasteiger partial charge in [-0.15, -0.1) is 0 Å². The van der Waals surface area contributed by atoms with E-state index in [1.165, 1.54) is 6.08 Å². The van der Waals surface area contributed by atoms with E-state index in [0.29, 0.717) is 5.69 Å². The zero-order chi connectivity index (χ0) is 17.8. The Balaban J connectivity index is 1.52. The molecule has 2 aromatic heterocycles. The van der Waals surface area contributed by atoms with Crippen molar-refractivity contribution in [1.82, 2.24) is 15.0 Å². The number of carbonyl (C=O) groups is 1. The van der Waals surface area contributed by atoms with Gasteiger partial charge in [0, 0.05) is 24.2 Å². The molecular weight excluding hydrogens is 322 g/mol. The predicted octanol–water partition coefficient (Wildman–Crippen LogP) is 4.59. The predicted molar refractivity (Wildman–Crippen MR) is 103 cm³/mol. The number of allylic oxidation sites excluding steroid dienone is 1. The van der Waals surface area contributed by atoms with Crippen molar-refractivity contribution >= 4 is 22.9 Å². The molecule has 2 aromatic carbocycles. The molecule has 0 saturated carbocycles. The second-order valence-corrected chi connectivity index (χ2v) is 5.80. The van der Waals surface area contributed by atoms with Gasteiger partial charge in [-0.3, -0.25) is 19.7 Å². The minimum absolute atomic E-state index is 0.135. The van der Waals surface area contributed by atoms with E-state index >= 15 is 0 Å². The van der Waals surface area contributed by atoms with Crippen molar-refractivity contribution in [1.29, 1.82) is 0 Å². The van der Waals surface area contributed by atoms with E-state index in [0.717, 1.165) is 27.7 Å². The van der Waals surface area contributed by atoms with E-state index in [-0.39, 0.29) is 5.78 Å². The van der Waals surface area contributed by atoms with Crippen LogP contribution in [0.15, 0.2) is 85.3 Å². The third kappa shape index (κ3) is 3.39. The summed E-state index contributed by atoms with van der Waals surface area (Å²) in [6.45, 7) is 0. The summed E-state index contributed by atoms with van der Waals surface area (Å²) in [5, 5.41) is 0. The van der Waals surface area contributed by atoms with E-state index in [1.807, 2.05) is 54.6 Å². The largest absolute Gasteiger partial charge is 0.288 e. The molecule has 0 radical (unpaired) electrons. The van der Waals surface area contributed by atoms with E-state index in [1.54, 1.807) is 30.7 Å². The number of hydrogen-bond acceptors (Lipinski definition) is 4. The summed E-state index contributed by atoms with van der Waals surface area (Å²) in [6.07, 6.45) is 8.33. The minimum Gasteiger partial charge on any atom is -0.288 e. The molecule has 124 valence electrons. The molecule has 4 rings (SSSR count). The molecule has 0 aliphatic carbocycles. The molecule has 0 aliphatic rings. The van der Waals surface area contributed by atoms with Gasteiger partial charge >= 0.3 is 0 Å². The lowest BCUT2D eigenvalue weighted by molar-refractivity contribution is 0.104. The molecule has 4 aromatic rings. The van der Waals surface area contributed by atoms with E-state index in [9.17, 15) is 4.79 Å². The molecule has 0 atom stereocenters. The van der Waals surface area contributed by atoms with Crippen LogP contribution < -0.4 is 0 Å². The van der Waals surface area contributed by atoms with Gasteiger partial charge in [0.1, 0.15) is 5.69 Å². The lowest BCUT2D eigenvalue weighted by Crippen LogP contribution is -1.97. The first-order valence-corrected chi connectivity index (χ1v) is 8.24. The first kappa shape index (κ1) is 15.8. The highest BCUT2D eigenvalue weighted by Gasteiger charge is 2.05. The molecule has 0 spiro atoms. The molecule has 0 aliphatic heterocycles. The maximum atomic E-state index is 12.4. The summed E-state index contributed by atoms with van der Waals surface area (Å²) >= 11 is 0. The minimum atomic E-state index is -0.135. The third-order valence-corrected chi connectivity index (χ3v) is 4.04. The van der Waals surface area contributed by atoms with Gasteiger partial charge in [0.15, 0.2) is 0 Å². The molecule has 0 N–H and O–H groups in total. The number of fused-ring (bicyclic) bond motifs is 1. The van der Waals surface area contributed by atoms with Gasteiger partial charge in [-0.25, -0.2) is 0 Å². The summed E-state index contributed by atoms with van der Waals surface area (Å²) in [5.41, 5.74) is 5.00. The van der Waals surface area contributed by atoms with Gasteiger partial charge in [-0.05, 0) is 35.4 Å². The summed E-state index contributed by atoms with van der Waals surface area (Å²) < 4.78 is 0. The SMILES string of the molecule is O=C(C=Cc1ccc2nccnc2c1)c1ccc(-c2ccccc2)cn1. The Kier molecular flexibility index (Phi) is 4.31. The van der Waals surface area contributed by atoms with Crippen LogP contribution in [-0.2, 0) is 0 Å². The number of ketones is 1. The molecule has 0 unspecified atom stereocenters. The number of benzene rings is 2. The fraction of sp³-hybridized carbons (Fsp3) is 0. The quantitative estimate of drug-likeness (QED) is 0.404. The highest BCUT2D eigenvalue weighted by Crippen LogP contribution is 2.18. The van der Waals surface area contributed by atoms with Crippen LogP contribution >= 0.6 is 0 Å². The van der Waals surface area contributed by atoms with Crippen LogP contribution in [0.25, 0.3) is 28.2 Å². The molecule has 0 bridgehead atoms. The summed E-state index contributed by atoms with van der Waals surface area (Å²) in [6, 6.07) is 19.3. The number of aromatic nitrogens is 3. The maximum absolute atomic E-state index is 12.4. The lowest BCUT2D eigenvalue weighted by atomic mass is 10.1. The normalized spacial score (nSPS) is 11.1. The van der Waals surface area contributed by atoms with Crippen LogP contribution in [0.3, 0.4) is 0 Å². The molecule has 0 amide bonds. The number of hydrogen-bond donors (Lipinski definition) is 0. The van der Waals surface area contributed by atoms with Crippen LogP contribution in [0.2, 0.25) is 0 Å². The highest BCUT2D eigenvalue weighted by atomic mass is 16.1. The second-order valence-electron chi connectivity index (χ2n) is 5.80. The van der Waals surface area contributed by atoms with Crippen LogP contribution in [0.4, 0.5) is 0 Å². The average molecular weight is 337 g/mol. The van der Waals surface area contributed by atoms with Gasteiger partial charge in [-0.2, -0.15) is 0 Å². The Labute approximate surface area is 150 Å². The van der Waals surface area contributed by atoms with Crippen molar-refractivity contribution in [2.45, 2.75) is 0 Å². The Morgan fingerprint density at radius 1 is 0.769 bits per heavy atom. The molecule has 0 saturated heterocycles. The van der Waals surface area contributed by atoms with Crippen molar-refractivity contribution in [3.05, 3.63) is 96.6 Å². The average Bonchev–Trinajstić information content (AvgIpc) is 2.72. The van der Waals surface area contributed by atoms with Crippen LogP contribution in [0, 0.1) is 0 Å². The molecule has 4 nitrogen and oxygen atoms in total. The monoisotopic (exact) mass is 337 g/mol. The number of carbonyl (C=O) groups excluding carboxylic acids is 1. The zero-order valence-electron chi connectivity index (χ0n) is 13.9. The third-order valence-electron chi connectivity index (χ3n) is 4.04. The topological polar surface area (TPSA) is 55.7 Å². The van der Waals surface area contributed by atoms with E-state index in [4.69, 9.17) is 0 Å². The van der Waals surface area contributed by atoms with E-state index in [2.05, 4.69) is 15.0 Å². The van der Waals surface area contributed by atoms with E-state index < -0.39 is 0 Å². The fourth-order valence-electron chi connectivity index (χ4n) is 2.68. The maximum Gasteiger partial charge on any atom is 0.204 e. The summed E-state index contributed by atoms with van der Waals surface area (Å²) in [7, 11) is 0. The van der Waals surface area contributed by atoms with Gasteiger partial charge in [0.05, 0.1) is 11.0 Å². The summed E-state index contributed by atoms with van der Waals surface area (Å²) in [4.78, 5) is 25.2.